The van der Waals surface area contributed by atoms with Gasteiger partial charge >= 0.3 is 0 Å². The Kier molecular flexibility index (Phi) is 5.65. The Morgan fingerprint density at radius 2 is 2.11 bits per heavy atom. The summed E-state index contributed by atoms with van der Waals surface area (Å²) in [4.78, 5) is 10.6. The molecule has 0 saturated carbocycles. The second-order valence-corrected chi connectivity index (χ2v) is 4.55. The zero-order chi connectivity index (χ0) is 13.5. The zero-order valence-corrected chi connectivity index (χ0v) is 11.1. The lowest BCUT2D eigenvalue weighted by Gasteiger charge is -2.14. The fraction of sp³-hybridized carbons (Fsp3) is 0.500. The normalized spacial score (nSPS) is 12.2. The van der Waals surface area contributed by atoms with Crippen molar-refractivity contribution in [2.24, 2.45) is 11.5 Å². The van der Waals surface area contributed by atoms with Gasteiger partial charge in [0.05, 0.1) is 7.11 Å². The lowest BCUT2D eigenvalue weighted by atomic mass is 9.99. The zero-order valence-electron chi connectivity index (χ0n) is 11.1. The van der Waals surface area contributed by atoms with Crippen molar-refractivity contribution in [3.8, 4) is 5.75 Å². The maximum Gasteiger partial charge on any atom is 0.217 e. The smallest absolute Gasteiger partial charge is 0.217 e. The van der Waals surface area contributed by atoms with E-state index in [4.69, 9.17) is 16.2 Å². The number of primary amides is 1. The first-order chi connectivity index (χ1) is 8.54. The average Bonchev–Trinajstić information content (AvgIpc) is 2.34. The third-order valence-corrected chi connectivity index (χ3v) is 3.04. The molecule has 0 bridgehead atoms. The Balaban J connectivity index is 2.48. The molecular formula is C14H22N2O2. The van der Waals surface area contributed by atoms with Crippen LogP contribution in [0.3, 0.4) is 0 Å². The summed E-state index contributed by atoms with van der Waals surface area (Å²) in [5.74, 6) is 0.628. The van der Waals surface area contributed by atoms with Gasteiger partial charge in [-0.3, -0.25) is 4.79 Å². The summed E-state index contributed by atoms with van der Waals surface area (Å²) in [6, 6.07) is 5.98. The number of benzene rings is 1. The number of amides is 1. The van der Waals surface area contributed by atoms with Crippen molar-refractivity contribution in [3.63, 3.8) is 0 Å². The number of hydrogen-bond donors (Lipinski definition) is 2. The van der Waals surface area contributed by atoms with E-state index >= 15 is 0 Å². The van der Waals surface area contributed by atoms with Gasteiger partial charge in [0.25, 0.3) is 0 Å². The molecule has 0 spiro atoms. The van der Waals surface area contributed by atoms with E-state index in [-0.39, 0.29) is 11.9 Å². The summed E-state index contributed by atoms with van der Waals surface area (Å²) in [6.07, 6.45) is 3.01. The number of rotatable bonds is 7. The van der Waals surface area contributed by atoms with Crippen molar-refractivity contribution in [2.75, 3.05) is 7.11 Å². The Morgan fingerprint density at radius 1 is 1.39 bits per heavy atom. The molecule has 18 heavy (non-hydrogen) atoms. The minimum atomic E-state index is -0.246. The van der Waals surface area contributed by atoms with Crippen LogP contribution in [0.15, 0.2) is 18.2 Å². The van der Waals surface area contributed by atoms with Crippen LogP contribution in [0, 0.1) is 6.92 Å². The molecule has 0 aliphatic rings. The maximum absolute atomic E-state index is 10.6. The fourth-order valence-corrected chi connectivity index (χ4v) is 1.96. The van der Waals surface area contributed by atoms with Crippen LogP contribution in [0.4, 0.5) is 0 Å². The predicted octanol–water partition coefficient (Wildman–Crippen LogP) is 2.05. The van der Waals surface area contributed by atoms with Gasteiger partial charge in [0.15, 0.2) is 0 Å². The van der Waals surface area contributed by atoms with Crippen LogP contribution in [-0.2, 0) is 4.79 Å². The van der Waals surface area contributed by atoms with Crippen molar-refractivity contribution >= 4 is 5.91 Å². The van der Waals surface area contributed by atoms with Gasteiger partial charge in [-0.05, 0) is 37.0 Å². The highest BCUT2D eigenvalue weighted by molar-refractivity contribution is 5.73. The topological polar surface area (TPSA) is 78.3 Å². The van der Waals surface area contributed by atoms with Gasteiger partial charge in [-0.1, -0.05) is 18.6 Å². The summed E-state index contributed by atoms with van der Waals surface area (Å²) in [6.45, 7) is 2.00. The third-order valence-electron chi connectivity index (χ3n) is 3.04. The molecule has 0 fully saturated rings. The Morgan fingerprint density at radius 3 is 2.67 bits per heavy atom. The van der Waals surface area contributed by atoms with Crippen LogP contribution in [0.2, 0.25) is 0 Å². The summed E-state index contributed by atoms with van der Waals surface area (Å²) in [5, 5.41) is 0. The number of unbranched alkanes of at least 4 members (excludes halogenated alkanes) is 1. The molecule has 1 aromatic carbocycles. The molecule has 0 saturated heterocycles. The summed E-state index contributed by atoms with van der Waals surface area (Å²) in [5.41, 5.74) is 13.4. The van der Waals surface area contributed by atoms with E-state index in [2.05, 4.69) is 6.07 Å². The minimum Gasteiger partial charge on any atom is -0.496 e. The molecule has 1 aromatic rings. The summed E-state index contributed by atoms with van der Waals surface area (Å²) >= 11 is 0. The van der Waals surface area contributed by atoms with Crippen molar-refractivity contribution in [3.05, 3.63) is 29.3 Å². The molecule has 0 radical (unpaired) electrons. The highest BCUT2D eigenvalue weighted by Crippen LogP contribution is 2.24. The van der Waals surface area contributed by atoms with Crippen molar-refractivity contribution in [1.29, 1.82) is 0 Å². The first kappa shape index (κ1) is 14.5. The molecular weight excluding hydrogens is 228 g/mol. The predicted molar refractivity (Wildman–Crippen MR) is 72.3 cm³/mol. The second-order valence-electron chi connectivity index (χ2n) is 4.55. The molecule has 1 atom stereocenters. The van der Waals surface area contributed by atoms with E-state index in [0.29, 0.717) is 6.42 Å². The van der Waals surface area contributed by atoms with Crippen LogP contribution in [0.5, 0.6) is 5.75 Å². The molecule has 4 N–H and O–H groups in total. The van der Waals surface area contributed by atoms with Crippen LogP contribution in [0.25, 0.3) is 0 Å². The monoisotopic (exact) mass is 250 g/mol. The Bertz CT molecular complexity index is 405. The molecule has 0 heterocycles. The highest BCUT2D eigenvalue weighted by atomic mass is 16.5. The first-order valence-corrected chi connectivity index (χ1v) is 6.23. The molecule has 1 amide bonds. The molecule has 1 rings (SSSR count). The molecule has 0 aliphatic carbocycles. The summed E-state index contributed by atoms with van der Waals surface area (Å²) in [7, 11) is 1.66. The number of carbonyl (C=O) groups is 1. The number of aryl methyl sites for hydroxylation is 1. The second kappa shape index (κ2) is 7.01. The number of nitrogens with two attached hydrogens (primary N) is 2. The number of methoxy groups -OCH3 is 1. The van der Waals surface area contributed by atoms with E-state index in [1.165, 1.54) is 0 Å². The van der Waals surface area contributed by atoms with Crippen molar-refractivity contribution in [1.82, 2.24) is 0 Å². The molecule has 4 heteroatoms. The molecule has 1 unspecified atom stereocenters. The lowest BCUT2D eigenvalue weighted by molar-refractivity contribution is -0.118. The Hall–Kier alpha value is -1.55. The molecule has 0 aliphatic heterocycles. The minimum absolute atomic E-state index is 0.00230. The fourth-order valence-electron chi connectivity index (χ4n) is 1.96. The van der Waals surface area contributed by atoms with Crippen molar-refractivity contribution < 1.29 is 9.53 Å². The average molecular weight is 250 g/mol. The van der Waals surface area contributed by atoms with Crippen LogP contribution < -0.4 is 16.2 Å². The molecule has 100 valence electrons. The summed E-state index contributed by atoms with van der Waals surface area (Å²) < 4.78 is 5.21. The number of hydrogen-bond acceptors (Lipinski definition) is 3. The van der Waals surface area contributed by atoms with Crippen LogP contribution >= 0.6 is 0 Å². The van der Waals surface area contributed by atoms with Crippen molar-refractivity contribution in [2.45, 2.75) is 38.6 Å². The van der Waals surface area contributed by atoms with E-state index in [1.54, 1.807) is 7.11 Å². The van der Waals surface area contributed by atoms with E-state index in [9.17, 15) is 4.79 Å². The number of carbonyl (C=O) groups excluding carboxylic acids is 1. The molecule has 0 aromatic heterocycles. The maximum atomic E-state index is 10.6. The van der Waals surface area contributed by atoms with Gasteiger partial charge < -0.3 is 16.2 Å². The van der Waals surface area contributed by atoms with Crippen LogP contribution in [0.1, 0.15) is 42.9 Å². The first-order valence-electron chi connectivity index (χ1n) is 6.23. The van der Waals surface area contributed by atoms with Gasteiger partial charge in [0.2, 0.25) is 5.91 Å². The van der Waals surface area contributed by atoms with Gasteiger partial charge in [0, 0.05) is 12.5 Å². The third kappa shape index (κ3) is 4.37. The van der Waals surface area contributed by atoms with E-state index in [0.717, 1.165) is 36.1 Å². The van der Waals surface area contributed by atoms with E-state index in [1.807, 2.05) is 19.1 Å². The van der Waals surface area contributed by atoms with Crippen LogP contribution in [-0.4, -0.2) is 13.0 Å². The molecule has 4 nitrogen and oxygen atoms in total. The highest BCUT2D eigenvalue weighted by Gasteiger charge is 2.08. The van der Waals surface area contributed by atoms with Gasteiger partial charge in [-0.2, -0.15) is 0 Å². The van der Waals surface area contributed by atoms with E-state index < -0.39 is 0 Å². The quantitative estimate of drug-likeness (QED) is 0.727. The van der Waals surface area contributed by atoms with Gasteiger partial charge in [-0.25, -0.2) is 0 Å². The van der Waals surface area contributed by atoms with Gasteiger partial charge in [-0.15, -0.1) is 0 Å². The largest absolute Gasteiger partial charge is 0.496 e. The standard InChI is InChI=1S/C14H22N2O2/c1-10-9-11(7-8-13(10)18-2)12(15)5-3-4-6-14(16)17/h7-9,12H,3-6,15H2,1-2H3,(H2,16,17). The lowest BCUT2D eigenvalue weighted by Crippen LogP contribution is -2.12. The number of ether oxygens (including phenoxy) is 1. The van der Waals surface area contributed by atoms with Gasteiger partial charge in [0.1, 0.15) is 5.75 Å². The SMILES string of the molecule is COc1ccc(C(N)CCCCC(N)=O)cc1C. The Labute approximate surface area is 108 Å².